The molecule has 26 heavy (non-hydrogen) atoms. The molecule has 0 radical (unpaired) electrons. The van der Waals surface area contributed by atoms with Crippen LogP contribution < -0.4 is 19.1 Å². The zero-order valence-corrected chi connectivity index (χ0v) is 16.5. The maximum absolute atomic E-state index is 5.78. The van der Waals surface area contributed by atoms with E-state index in [-0.39, 0.29) is 0 Å². The minimum atomic E-state index is 0.309. The Labute approximate surface area is 162 Å². The van der Waals surface area contributed by atoms with Gasteiger partial charge in [-0.25, -0.2) is 0 Å². The van der Waals surface area contributed by atoms with Gasteiger partial charge in [-0.3, -0.25) is 4.90 Å². The molecule has 0 atom stereocenters. The van der Waals surface area contributed by atoms with Crippen LogP contribution in [0.25, 0.3) is 0 Å². The predicted octanol–water partition coefficient (Wildman–Crippen LogP) is 3.90. The Bertz CT molecular complexity index is 776. The molecule has 2 heterocycles. The average molecular weight is 419 g/mol. The van der Waals surface area contributed by atoms with Gasteiger partial charge < -0.3 is 19.1 Å². The molecular weight excluding hydrogens is 396 g/mol. The van der Waals surface area contributed by atoms with Crippen molar-refractivity contribution in [1.29, 1.82) is 0 Å². The number of anilines is 1. The Hall–Kier alpha value is -1.92. The number of fused-ring (bicyclic) bond motifs is 1. The minimum Gasteiger partial charge on any atom is -0.492 e. The highest BCUT2D eigenvalue weighted by Crippen LogP contribution is 2.37. The lowest BCUT2D eigenvalue weighted by molar-refractivity contribution is 0.174. The lowest BCUT2D eigenvalue weighted by Gasteiger charge is -2.36. The van der Waals surface area contributed by atoms with E-state index in [1.807, 2.05) is 19.1 Å². The van der Waals surface area contributed by atoms with Crippen molar-refractivity contribution in [1.82, 2.24) is 4.90 Å². The van der Waals surface area contributed by atoms with E-state index in [4.69, 9.17) is 14.2 Å². The molecule has 2 aliphatic heterocycles. The summed E-state index contributed by atoms with van der Waals surface area (Å²) in [4.78, 5) is 4.89. The first-order chi connectivity index (χ1) is 12.7. The minimum absolute atomic E-state index is 0.309. The van der Waals surface area contributed by atoms with Crippen molar-refractivity contribution in [3.8, 4) is 17.2 Å². The summed E-state index contributed by atoms with van der Waals surface area (Å²) < 4.78 is 17.8. The second-order valence-electron chi connectivity index (χ2n) is 6.46. The number of para-hydroxylation sites is 2. The molecule has 0 spiro atoms. The lowest BCUT2D eigenvalue weighted by Crippen LogP contribution is -2.46. The van der Waals surface area contributed by atoms with E-state index in [0.29, 0.717) is 13.4 Å². The van der Waals surface area contributed by atoms with Gasteiger partial charge in [-0.1, -0.05) is 28.1 Å². The SMILES string of the molecule is CCOc1ccccc1N1CCN(Cc2cc3c(cc2Br)OCO3)CC1. The molecule has 2 aliphatic rings. The van der Waals surface area contributed by atoms with E-state index in [2.05, 4.69) is 50.0 Å². The van der Waals surface area contributed by atoms with Crippen LogP contribution in [0.15, 0.2) is 40.9 Å². The number of benzene rings is 2. The summed E-state index contributed by atoms with van der Waals surface area (Å²) in [5.41, 5.74) is 2.43. The molecular formula is C20H23BrN2O3. The first kappa shape index (κ1) is 17.5. The first-order valence-corrected chi connectivity index (χ1v) is 9.81. The Kier molecular flexibility index (Phi) is 5.22. The number of hydrogen-bond acceptors (Lipinski definition) is 5. The van der Waals surface area contributed by atoms with Crippen molar-refractivity contribution < 1.29 is 14.2 Å². The fourth-order valence-electron chi connectivity index (χ4n) is 3.46. The maximum Gasteiger partial charge on any atom is 0.231 e. The Morgan fingerprint density at radius 3 is 2.54 bits per heavy atom. The molecule has 5 nitrogen and oxygen atoms in total. The molecule has 0 bridgehead atoms. The summed E-state index contributed by atoms with van der Waals surface area (Å²) in [6.45, 7) is 7.94. The fourth-order valence-corrected chi connectivity index (χ4v) is 3.91. The molecule has 1 saturated heterocycles. The normalized spacial score (nSPS) is 16.8. The second kappa shape index (κ2) is 7.76. The molecule has 0 N–H and O–H groups in total. The highest BCUT2D eigenvalue weighted by atomic mass is 79.9. The first-order valence-electron chi connectivity index (χ1n) is 9.01. The van der Waals surface area contributed by atoms with Crippen molar-refractivity contribution >= 4 is 21.6 Å². The molecule has 2 aromatic rings. The van der Waals surface area contributed by atoms with Crippen molar-refractivity contribution in [2.45, 2.75) is 13.5 Å². The van der Waals surface area contributed by atoms with Crippen LogP contribution in [0.1, 0.15) is 12.5 Å². The number of hydrogen-bond donors (Lipinski definition) is 0. The van der Waals surface area contributed by atoms with Crippen LogP contribution in [-0.2, 0) is 6.54 Å². The van der Waals surface area contributed by atoms with E-state index in [9.17, 15) is 0 Å². The topological polar surface area (TPSA) is 34.2 Å². The third kappa shape index (κ3) is 3.62. The number of halogens is 1. The molecule has 6 heteroatoms. The van der Waals surface area contributed by atoms with E-state index in [0.717, 1.165) is 54.4 Å². The Balaban J connectivity index is 1.40. The quantitative estimate of drug-likeness (QED) is 0.735. The molecule has 1 fully saturated rings. The van der Waals surface area contributed by atoms with Crippen molar-refractivity contribution in [3.63, 3.8) is 0 Å². The van der Waals surface area contributed by atoms with Gasteiger partial charge in [0.05, 0.1) is 12.3 Å². The summed E-state index contributed by atoms with van der Waals surface area (Å²) >= 11 is 3.66. The summed E-state index contributed by atoms with van der Waals surface area (Å²) in [6, 6.07) is 12.4. The molecule has 0 unspecified atom stereocenters. The highest BCUT2D eigenvalue weighted by molar-refractivity contribution is 9.10. The smallest absolute Gasteiger partial charge is 0.231 e. The Morgan fingerprint density at radius 2 is 1.77 bits per heavy atom. The van der Waals surface area contributed by atoms with Crippen LogP contribution >= 0.6 is 15.9 Å². The fraction of sp³-hybridized carbons (Fsp3) is 0.400. The van der Waals surface area contributed by atoms with Crippen LogP contribution in [0.2, 0.25) is 0 Å². The van der Waals surface area contributed by atoms with Crippen LogP contribution in [0.5, 0.6) is 17.2 Å². The molecule has 0 aromatic heterocycles. The van der Waals surface area contributed by atoms with E-state index in [1.165, 1.54) is 11.3 Å². The van der Waals surface area contributed by atoms with Gasteiger partial charge >= 0.3 is 0 Å². The molecule has 4 rings (SSSR count). The van der Waals surface area contributed by atoms with Crippen LogP contribution in [-0.4, -0.2) is 44.5 Å². The number of ether oxygens (including phenoxy) is 3. The summed E-state index contributed by atoms with van der Waals surface area (Å²) in [6.07, 6.45) is 0. The number of nitrogens with zero attached hydrogens (tertiary/aromatic N) is 2. The zero-order chi connectivity index (χ0) is 17.9. The van der Waals surface area contributed by atoms with E-state index in [1.54, 1.807) is 0 Å². The zero-order valence-electron chi connectivity index (χ0n) is 14.9. The molecule has 2 aromatic carbocycles. The molecule has 138 valence electrons. The van der Waals surface area contributed by atoms with Gasteiger partial charge in [0.25, 0.3) is 0 Å². The van der Waals surface area contributed by atoms with Gasteiger partial charge in [0, 0.05) is 37.2 Å². The summed E-state index contributed by atoms with van der Waals surface area (Å²) in [5.74, 6) is 2.63. The second-order valence-corrected chi connectivity index (χ2v) is 7.32. The van der Waals surface area contributed by atoms with Gasteiger partial charge in [0.2, 0.25) is 6.79 Å². The van der Waals surface area contributed by atoms with Gasteiger partial charge in [-0.15, -0.1) is 0 Å². The van der Waals surface area contributed by atoms with Gasteiger partial charge in [0.1, 0.15) is 5.75 Å². The lowest BCUT2D eigenvalue weighted by atomic mass is 10.1. The number of rotatable bonds is 5. The summed E-state index contributed by atoms with van der Waals surface area (Å²) in [5, 5.41) is 0. The molecule has 0 saturated carbocycles. The van der Waals surface area contributed by atoms with Gasteiger partial charge in [-0.2, -0.15) is 0 Å². The van der Waals surface area contributed by atoms with Gasteiger partial charge in [0.15, 0.2) is 11.5 Å². The highest BCUT2D eigenvalue weighted by Gasteiger charge is 2.22. The Morgan fingerprint density at radius 1 is 1.04 bits per heavy atom. The largest absolute Gasteiger partial charge is 0.492 e. The standard InChI is InChI=1S/C20H23BrN2O3/c1-2-24-18-6-4-3-5-17(18)23-9-7-22(8-10-23)13-15-11-19-20(12-16(15)21)26-14-25-19/h3-6,11-12H,2,7-10,13-14H2,1H3. The van der Waals surface area contributed by atoms with Crippen LogP contribution in [0.3, 0.4) is 0 Å². The molecule has 0 aliphatic carbocycles. The number of piperazine rings is 1. The average Bonchev–Trinajstić information content (AvgIpc) is 3.11. The van der Waals surface area contributed by atoms with Crippen LogP contribution in [0, 0.1) is 0 Å². The van der Waals surface area contributed by atoms with E-state index >= 15 is 0 Å². The summed E-state index contributed by atoms with van der Waals surface area (Å²) in [7, 11) is 0. The van der Waals surface area contributed by atoms with Crippen molar-refractivity contribution in [2.75, 3.05) is 44.5 Å². The molecule has 0 amide bonds. The monoisotopic (exact) mass is 418 g/mol. The third-order valence-electron chi connectivity index (χ3n) is 4.81. The van der Waals surface area contributed by atoms with Crippen molar-refractivity contribution in [2.24, 2.45) is 0 Å². The van der Waals surface area contributed by atoms with Gasteiger partial charge in [-0.05, 0) is 36.8 Å². The van der Waals surface area contributed by atoms with Crippen LogP contribution in [0.4, 0.5) is 5.69 Å². The van der Waals surface area contributed by atoms with E-state index < -0.39 is 0 Å². The predicted molar refractivity (Wildman–Crippen MR) is 105 cm³/mol. The third-order valence-corrected chi connectivity index (χ3v) is 5.55. The maximum atomic E-state index is 5.78. The van der Waals surface area contributed by atoms with Crippen molar-refractivity contribution in [3.05, 3.63) is 46.4 Å².